The largest absolute Gasteiger partial charge is 0.495 e. The zero-order valence-corrected chi connectivity index (χ0v) is 21.4. The Kier molecular flexibility index (Phi) is 9.26. The maximum Gasteiger partial charge on any atom is 0.335 e. The Morgan fingerprint density at radius 2 is 1.15 bits per heavy atom. The summed E-state index contributed by atoms with van der Waals surface area (Å²) in [6.07, 6.45) is 0. The zero-order chi connectivity index (χ0) is 26.4. The summed E-state index contributed by atoms with van der Waals surface area (Å²) in [6.45, 7) is 11.8. The second-order valence-electron chi connectivity index (χ2n) is 9.51. The lowest BCUT2D eigenvalue weighted by Gasteiger charge is -2.23. The van der Waals surface area contributed by atoms with Gasteiger partial charge in [-0.2, -0.15) is 10.5 Å². The molecule has 2 aromatic carbocycles. The third-order valence-electron chi connectivity index (χ3n) is 4.92. The molecular formula is C26H29ClN2O5. The summed E-state index contributed by atoms with van der Waals surface area (Å²) in [4.78, 5) is 22.2. The lowest BCUT2D eigenvalue weighted by Crippen LogP contribution is -2.15. The zero-order valence-electron chi connectivity index (χ0n) is 20.7. The van der Waals surface area contributed by atoms with Gasteiger partial charge in [-0.25, -0.2) is 4.79 Å². The summed E-state index contributed by atoms with van der Waals surface area (Å²) in [5, 5.41) is 26.5. The van der Waals surface area contributed by atoms with Crippen molar-refractivity contribution >= 4 is 22.8 Å². The van der Waals surface area contributed by atoms with E-state index in [9.17, 15) is 9.59 Å². The average Bonchev–Trinajstić information content (AvgIpc) is 2.75. The third-order valence-corrected chi connectivity index (χ3v) is 5.14. The Bertz CT molecular complexity index is 1080. The van der Waals surface area contributed by atoms with Gasteiger partial charge in [-0.05, 0) is 46.7 Å². The predicted molar refractivity (Wildman–Crippen MR) is 130 cm³/mol. The highest BCUT2D eigenvalue weighted by Gasteiger charge is 2.25. The summed E-state index contributed by atoms with van der Waals surface area (Å²) in [5.74, 6) is -0.0960. The van der Waals surface area contributed by atoms with Crippen molar-refractivity contribution in [1.82, 2.24) is 0 Å². The molecule has 0 saturated carbocycles. The van der Waals surface area contributed by atoms with Crippen LogP contribution in [0.2, 0.25) is 0 Å². The van der Waals surface area contributed by atoms with Crippen molar-refractivity contribution in [1.29, 1.82) is 10.5 Å². The maximum absolute atomic E-state index is 11.2. The van der Waals surface area contributed by atoms with E-state index >= 15 is 0 Å². The molecule has 2 rings (SSSR count). The molecule has 2 aromatic rings. The van der Waals surface area contributed by atoms with E-state index in [1.54, 1.807) is 12.1 Å². The molecule has 0 atom stereocenters. The number of halogens is 1. The molecule has 0 fully saturated rings. The Hall–Kier alpha value is -3.55. The third kappa shape index (κ3) is 6.73. The first-order chi connectivity index (χ1) is 15.6. The van der Waals surface area contributed by atoms with Crippen LogP contribution in [-0.2, 0) is 10.8 Å². The fourth-order valence-electron chi connectivity index (χ4n) is 3.21. The van der Waals surface area contributed by atoms with Crippen molar-refractivity contribution in [2.45, 2.75) is 52.4 Å². The molecule has 0 unspecified atom stereocenters. The van der Waals surface area contributed by atoms with Crippen molar-refractivity contribution in [3.8, 4) is 23.6 Å². The number of hydrogen-bond acceptors (Lipinski definition) is 6. The van der Waals surface area contributed by atoms with Gasteiger partial charge in [-0.15, -0.1) is 0 Å². The van der Waals surface area contributed by atoms with Crippen molar-refractivity contribution in [3.05, 3.63) is 57.6 Å². The number of hydrogen-bond donors (Lipinski definition) is 1. The second kappa shape index (κ2) is 11.0. The van der Waals surface area contributed by atoms with Crippen molar-refractivity contribution in [2.24, 2.45) is 0 Å². The molecule has 7 nitrogen and oxygen atoms in total. The highest BCUT2D eigenvalue weighted by Crippen LogP contribution is 2.36. The number of rotatable bonds is 4. The predicted octanol–water partition coefficient (Wildman–Crippen LogP) is 5.81. The minimum atomic E-state index is -1.05. The van der Waals surface area contributed by atoms with E-state index in [1.807, 2.05) is 53.7 Å². The number of carboxylic acid groups (broad SMARTS) is 1. The van der Waals surface area contributed by atoms with E-state index in [4.69, 9.17) is 36.7 Å². The molecule has 8 heteroatoms. The summed E-state index contributed by atoms with van der Waals surface area (Å²) >= 11 is 5.46. The van der Waals surface area contributed by atoms with Crippen LogP contribution in [0.3, 0.4) is 0 Å². The Morgan fingerprint density at radius 3 is 1.41 bits per heavy atom. The maximum atomic E-state index is 11.2. The standard InChI is InChI=1S/C13H14ClNO2.C13H15NO3/c1-13(2,3)10-6-8(12(14)16)5-9(7-15)11(10)17-4;1-13(2,3)10-6-8(12(15)16)5-9(7-14)11(10)17-4/h5-6H,1-4H3;5-6H,1-4H3,(H,15,16). The van der Waals surface area contributed by atoms with Gasteiger partial charge in [0.15, 0.2) is 0 Å². The first-order valence-corrected chi connectivity index (χ1v) is 10.7. The topological polar surface area (TPSA) is 120 Å². The number of aromatic carboxylic acids is 1. The number of carbonyl (C=O) groups is 2. The molecule has 0 bridgehead atoms. The fourth-order valence-corrected chi connectivity index (χ4v) is 3.32. The van der Waals surface area contributed by atoms with Gasteiger partial charge in [0, 0.05) is 16.7 Å². The van der Waals surface area contributed by atoms with Gasteiger partial charge in [0.05, 0.1) is 30.9 Å². The van der Waals surface area contributed by atoms with Crippen LogP contribution in [0.1, 0.15) is 84.5 Å². The van der Waals surface area contributed by atoms with Crippen molar-refractivity contribution in [3.63, 3.8) is 0 Å². The molecule has 0 spiro atoms. The highest BCUT2D eigenvalue weighted by molar-refractivity contribution is 6.67. The van der Waals surface area contributed by atoms with E-state index in [0.29, 0.717) is 22.6 Å². The minimum Gasteiger partial charge on any atom is -0.495 e. The van der Waals surface area contributed by atoms with Gasteiger partial charge >= 0.3 is 5.97 Å². The van der Waals surface area contributed by atoms with Gasteiger partial charge in [0.1, 0.15) is 23.6 Å². The molecule has 1 N–H and O–H groups in total. The monoisotopic (exact) mass is 484 g/mol. The molecule has 0 amide bonds. The Morgan fingerprint density at radius 1 is 0.794 bits per heavy atom. The minimum absolute atomic E-state index is 0.104. The van der Waals surface area contributed by atoms with Crippen molar-refractivity contribution in [2.75, 3.05) is 14.2 Å². The molecule has 0 aliphatic carbocycles. The van der Waals surface area contributed by atoms with Gasteiger partial charge in [0.2, 0.25) is 0 Å². The van der Waals surface area contributed by atoms with E-state index < -0.39 is 11.2 Å². The number of benzene rings is 2. The second-order valence-corrected chi connectivity index (χ2v) is 9.85. The summed E-state index contributed by atoms with van der Waals surface area (Å²) in [5.41, 5.74) is 1.98. The summed E-state index contributed by atoms with van der Waals surface area (Å²) in [6, 6.07) is 10.00. The van der Waals surface area contributed by atoms with Crippen LogP contribution in [0.15, 0.2) is 24.3 Å². The summed E-state index contributed by atoms with van der Waals surface area (Å²) in [7, 11) is 2.99. The van der Waals surface area contributed by atoms with Crippen LogP contribution < -0.4 is 9.47 Å². The molecule has 34 heavy (non-hydrogen) atoms. The molecule has 0 aliphatic rings. The Balaban J connectivity index is 0.000000340. The van der Waals surface area contributed by atoms with Crippen LogP contribution in [-0.4, -0.2) is 30.5 Å². The molecular weight excluding hydrogens is 456 g/mol. The van der Waals surface area contributed by atoms with Crippen molar-refractivity contribution < 1.29 is 24.2 Å². The van der Waals surface area contributed by atoms with E-state index in [1.165, 1.54) is 26.4 Å². The lowest BCUT2D eigenvalue weighted by molar-refractivity contribution is 0.0696. The smallest absolute Gasteiger partial charge is 0.335 e. The van der Waals surface area contributed by atoms with E-state index in [-0.39, 0.29) is 22.0 Å². The molecule has 0 aromatic heterocycles. The highest BCUT2D eigenvalue weighted by atomic mass is 35.5. The number of nitrogens with zero attached hydrogens (tertiary/aromatic N) is 2. The quantitative estimate of drug-likeness (QED) is 0.543. The van der Waals surface area contributed by atoms with E-state index in [2.05, 4.69) is 0 Å². The number of ether oxygens (including phenoxy) is 2. The number of carbonyl (C=O) groups excluding carboxylic acids is 1. The SMILES string of the molecule is COc1c(C#N)cc(C(=O)Cl)cc1C(C)(C)C.COc1c(C#N)cc(C(=O)O)cc1C(C)(C)C. The Labute approximate surface area is 205 Å². The molecule has 0 heterocycles. The lowest BCUT2D eigenvalue weighted by atomic mass is 9.84. The first-order valence-electron chi connectivity index (χ1n) is 10.3. The van der Waals surface area contributed by atoms with Crippen LogP contribution >= 0.6 is 11.6 Å². The number of carboxylic acids is 1. The van der Waals surface area contributed by atoms with Gasteiger partial charge in [-0.3, -0.25) is 4.79 Å². The van der Waals surface area contributed by atoms with Gasteiger partial charge in [-0.1, -0.05) is 41.5 Å². The first kappa shape index (κ1) is 28.5. The molecule has 180 valence electrons. The molecule has 0 saturated heterocycles. The number of nitriles is 2. The van der Waals surface area contributed by atoms with Gasteiger partial charge in [0.25, 0.3) is 5.24 Å². The molecule has 0 aliphatic heterocycles. The van der Waals surface area contributed by atoms with Crippen LogP contribution in [0, 0.1) is 22.7 Å². The van der Waals surface area contributed by atoms with Crippen LogP contribution in [0.5, 0.6) is 11.5 Å². The van der Waals surface area contributed by atoms with Crippen LogP contribution in [0.4, 0.5) is 0 Å². The van der Waals surface area contributed by atoms with Crippen LogP contribution in [0.25, 0.3) is 0 Å². The normalized spacial score (nSPS) is 10.8. The molecule has 0 radical (unpaired) electrons. The summed E-state index contributed by atoms with van der Waals surface area (Å²) < 4.78 is 10.5. The fraction of sp³-hybridized carbons (Fsp3) is 0.385. The average molecular weight is 485 g/mol. The van der Waals surface area contributed by atoms with E-state index in [0.717, 1.165) is 11.1 Å². The number of methoxy groups -OCH3 is 2. The van der Waals surface area contributed by atoms with Gasteiger partial charge < -0.3 is 14.6 Å².